The zero-order valence-electron chi connectivity index (χ0n) is 10.8. The van der Waals surface area contributed by atoms with E-state index in [0.29, 0.717) is 21.5 Å². The van der Waals surface area contributed by atoms with Gasteiger partial charge in [-0.05, 0) is 23.8 Å². The van der Waals surface area contributed by atoms with Gasteiger partial charge >= 0.3 is 0 Å². The van der Waals surface area contributed by atoms with Crippen LogP contribution in [0.5, 0.6) is 11.5 Å². The topological polar surface area (TPSA) is 49.8 Å². The molecular formula is C14H13NO3S2. The van der Waals surface area contributed by atoms with Gasteiger partial charge in [0.1, 0.15) is 4.32 Å². The lowest BCUT2D eigenvalue weighted by molar-refractivity contribution is -0.121. The predicted octanol–water partition coefficient (Wildman–Crippen LogP) is 2.79. The molecule has 0 unspecified atom stereocenters. The summed E-state index contributed by atoms with van der Waals surface area (Å²) in [6.45, 7) is 4.01. The van der Waals surface area contributed by atoms with Crippen LogP contribution in [0.4, 0.5) is 0 Å². The molecule has 1 N–H and O–H groups in total. The lowest BCUT2D eigenvalue weighted by atomic mass is 10.2. The first-order chi connectivity index (χ1) is 9.56. The second-order valence-electron chi connectivity index (χ2n) is 4.01. The Hall–Kier alpha value is -1.79. The monoisotopic (exact) mass is 307 g/mol. The number of methoxy groups -OCH3 is 1. The number of thioether (sulfide) groups is 1. The van der Waals surface area contributed by atoms with E-state index in [0.717, 1.165) is 5.56 Å². The first-order valence-corrected chi connectivity index (χ1v) is 7.02. The molecule has 1 aliphatic heterocycles. The Labute approximate surface area is 126 Å². The van der Waals surface area contributed by atoms with Gasteiger partial charge < -0.3 is 9.84 Å². The highest BCUT2D eigenvalue weighted by Crippen LogP contribution is 2.34. The van der Waals surface area contributed by atoms with Gasteiger partial charge in [0.25, 0.3) is 5.91 Å². The first-order valence-electron chi connectivity index (χ1n) is 5.80. The van der Waals surface area contributed by atoms with E-state index in [2.05, 4.69) is 6.58 Å². The molecule has 1 saturated heterocycles. The number of rotatable bonds is 4. The van der Waals surface area contributed by atoms with Crippen molar-refractivity contribution < 1.29 is 14.6 Å². The molecule has 0 radical (unpaired) electrons. The molecule has 1 aliphatic rings. The van der Waals surface area contributed by atoms with Crippen molar-refractivity contribution in [1.29, 1.82) is 0 Å². The Bertz CT molecular complexity index is 610. The fourth-order valence-corrected chi connectivity index (χ4v) is 3.00. The van der Waals surface area contributed by atoms with E-state index in [1.54, 1.807) is 24.3 Å². The third kappa shape index (κ3) is 2.86. The number of hydrogen-bond donors (Lipinski definition) is 1. The largest absolute Gasteiger partial charge is 0.504 e. The molecule has 0 spiro atoms. The molecule has 0 aromatic heterocycles. The normalized spacial score (nSPS) is 16.9. The smallest absolute Gasteiger partial charge is 0.266 e. The Morgan fingerprint density at radius 2 is 2.30 bits per heavy atom. The van der Waals surface area contributed by atoms with Crippen LogP contribution in [0.15, 0.2) is 35.8 Å². The molecule has 0 bridgehead atoms. The van der Waals surface area contributed by atoms with Crippen molar-refractivity contribution in [1.82, 2.24) is 4.90 Å². The minimum absolute atomic E-state index is 0.0591. The Morgan fingerprint density at radius 1 is 1.55 bits per heavy atom. The van der Waals surface area contributed by atoms with E-state index in [-0.39, 0.29) is 11.7 Å². The van der Waals surface area contributed by atoms with Gasteiger partial charge in [0.15, 0.2) is 11.5 Å². The van der Waals surface area contributed by atoms with Crippen molar-refractivity contribution in [2.45, 2.75) is 0 Å². The summed E-state index contributed by atoms with van der Waals surface area (Å²) in [5.41, 5.74) is 0.763. The van der Waals surface area contributed by atoms with Crippen molar-refractivity contribution in [2.75, 3.05) is 13.7 Å². The Morgan fingerprint density at radius 3 is 2.95 bits per heavy atom. The molecule has 0 aliphatic carbocycles. The molecular weight excluding hydrogens is 294 g/mol. The third-order valence-corrected chi connectivity index (χ3v) is 4.06. The van der Waals surface area contributed by atoms with E-state index in [1.807, 2.05) is 0 Å². The van der Waals surface area contributed by atoms with E-state index in [4.69, 9.17) is 17.0 Å². The number of hydrogen-bond acceptors (Lipinski definition) is 5. The zero-order chi connectivity index (χ0) is 14.7. The fourth-order valence-electron chi connectivity index (χ4n) is 1.72. The molecule has 1 fully saturated rings. The number of phenols is 1. The Kier molecular flexibility index (Phi) is 4.46. The van der Waals surface area contributed by atoms with Crippen LogP contribution < -0.4 is 4.74 Å². The number of thiocarbonyl (C=S) groups is 1. The second-order valence-corrected chi connectivity index (χ2v) is 5.69. The number of aromatic hydroxyl groups is 1. The van der Waals surface area contributed by atoms with Gasteiger partial charge in [-0.25, -0.2) is 0 Å². The highest BCUT2D eigenvalue weighted by molar-refractivity contribution is 8.26. The van der Waals surface area contributed by atoms with Crippen LogP contribution in [0.25, 0.3) is 6.08 Å². The number of nitrogens with zero attached hydrogens (tertiary/aromatic N) is 1. The molecule has 1 amide bonds. The molecule has 2 rings (SSSR count). The minimum atomic E-state index is -0.132. The van der Waals surface area contributed by atoms with Gasteiger partial charge in [0, 0.05) is 6.54 Å². The standard InChI is InChI=1S/C14H13NO3S2/c1-3-6-15-13(17)12(20-14(15)19)8-9-4-5-10(16)11(7-9)18-2/h3-5,7-8,16H,1,6H2,2H3/b12-8-. The van der Waals surface area contributed by atoms with E-state index in [1.165, 1.54) is 29.8 Å². The molecule has 1 aromatic carbocycles. The van der Waals surface area contributed by atoms with E-state index < -0.39 is 0 Å². The van der Waals surface area contributed by atoms with Crippen LogP contribution in [0.2, 0.25) is 0 Å². The summed E-state index contributed by atoms with van der Waals surface area (Å²) in [6, 6.07) is 4.89. The summed E-state index contributed by atoms with van der Waals surface area (Å²) in [4.78, 5) is 14.2. The van der Waals surface area contributed by atoms with Gasteiger partial charge in [-0.1, -0.05) is 36.1 Å². The fraction of sp³-hybridized carbons (Fsp3) is 0.143. The minimum Gasteiger partial charge on any atom is -0.504 e. The molecule has 6 heteroatoms. The van der Waals surface area contributed by atoms with E-state index >= 15 is 0 Å². The van der Waals surface area contributed by atoms with Gasteiger partial charge in [-0.15, -0.1) is 6.58 Å². The van der Waals surface area contributed by atoms with Crippen LogP contribution in [0, 0.1) is 0 Å². The summed E-state index contributed by atoms with van der Waals surface area (Å²) >= 11 is 6.41. The van der Waals surface area contributed by atoms with Crippen molar-refractivity contribution in [3.05, 3.63) is 41.3 Å². The number of phenolic OH excluding ortho intramolecular Hbond substituents is 1. The molecule has 104 valence electrons. The number of carbonyl (C=O) groups excluding carboxylic acids is 1. The number of ether oxygens (including phenoxy) is 1. The number of carbonyl (C=O) groups is 1. The maximum absolute atomic E-state index is 12.2. The number of benzene rings is 1. The van der Waals surface area contributed by atoms with Crippen LogP contribution in [-0.4, -0.2) is 33.9 Å². The van der Waals surface area contributed by atoms with Crippen LogP contribution in [-0.2, 0) is 4.79 Å². The van der Waals surface area contributed by atoms with Crippen molar-refractivity contribution >= 4 is 40.3 Å². The molecule has 0 atom stereocenters. The van der Waals surface area contributed by atoms with Gasteiger partial charge in [-0.3, -0.25) is 9.69 Å². The van der Waals surface area contributed by atoms with E-state index in [9.17, 15) is 9.90 Å². The Balaban J connectivity index is 2.30. The molecule has 1 heterocycles. The number of amides is 1. The van der Waals surface area contributed by atoms with Crippen LogP contribution in [0.3, 0.4) is 0 Å². The van der Waals surface area contributed by atoms with Crippen molar-refractivity contribution in [3.8, 4) is 11.5 Å². The third-order valence-electron chi connectivity index (χ3n) is 2.69. The van der Waals surface area contributed by atoms with Crippen LogP contribution in [0.1, 0.15) is 5.56 Å². The quantitative estimate of drug-likeness (QED) is 0.526. The highest BCUT2D eigenvalue weighted by atomic mass is 32.2. The molecule has 1 aromatic rings. The summed E-state index contributed by atoms with van der Waals surface area (Å²) < 4.78 is 5.56. The summed E-state index contributed by atoms with van der Waals surface area (Å²) in [7, 11) is 1.47. The summed E-state index contributed by atoms with van der Waals surface area (Å²) in [6.07, 6.45) is 3.36. The summed E-state index contributed by atoms with van der Waals surface area (Å²) in [5.74, 6) is 0.288. The van der Waals surface area contributed by atoms with Gasteiger partial charge in [0.2, 0.25) is 0 Å². The second kappa shape index (κ2) is 6.11. The maximum atomic E-state index is 12.2. The lowest BCUT2D eigenvalue weighted by Crippen LogP contribution is -2.27. The lowest BCUT2D eigenvalue weighted by Gasteiger charge is -2.10. The highest BCUT2D eigenvalue weighted by Gasteiger charge is 2.30. The predicted molar refractivity (Wildman–Crippen MR) is 84.7 cm³/mol. The maximum Gasteiger partial charge on any atom is 0.266 e. The average molecular weight is 307 g/mol. The van der Waals surface area contributed by atoms with Crippen LogP contribution >= 0.6 is 24.0 Å². The summed E-state index contributed by atoms with van der Waals surface area (Å²) in [5, 5.41) is 9.54. The molecule has 4 nitrogen and oxygen atoms in total. The average Bonchev–Trinajstić information content (AvgIpc) is 2.69. The zero-order valence-corrected chi connectivity index (χ0v) is 12.5. The molecule has 20 heavy (non-hydrogen) atoms. The SMILES string of the molecule is C=CCN1C(=O)/C(=C/c2ccc(O)c(OC)c2)SC1=S. The molecule has 0 saturated carbocycles. The van der Waals surface area contributed by atoms with Gasteiger partial charge in [0.05, 0.1) is 12.0 Å². The first kappa shape index (κ1) is 14.6. The van der Waals surface area contributed by atoms with Crippen molar-refractivity contribution in [3.63, 3.8) is 0 Å². The van der Waals surface area contributed by atoms with Gasteiger partial charge in [-0.2, -0.15) is 0 Å². The van der Waals surface area contributed by atoms with Crippen molar-refractivity contribution in [2.24, 2.45) is 0 Å².